The highest BCUT2D eigenvalue weighted by Gasteiger charge is 2.66. The zero-order valence-corrected chi connectivity index (χ0v) is 11.1. The summed E-state index contributed by atoms with van der Waals surface area (Å²) in [5, 5.41) is 3.56. The highest BCUT2D eigenvalue weighted by Crippen LogP contribution is 2.70. The number of rotatable bonds is 5. The summed E-state index contributed by atoms with van der Waals surface area (Å²) in [6, 6.07) is 0.746. The van der Waals surface area contributed by atoms with Crippen molar-refractivity contribution in [1.82, 2.24) is 5.32 Å². The van der Waals surface area contributed by atoms with Crippen LogP contribution in [0.15, 0.2) is 0 Å². The Kier molecular flexibility index (Phi) is 2.65. The average Bonchev–Trinajstić information content (AvgIpc) is 3.00. The lowest BCUT2D eigenvalue weighted by Gasteiger charge is -2.18. The minimum atomic E-state index is 0.532. The maximum atomic E-state index is 3.56. The molecule has 1 atom stereocenters. The van der Waals surface area contributed by atoms with Crippen LogP contribution < -0.4 is 5.32 Å². The molecule has 88 valence electrons. The van der Waals surface area contributed by atoms with Gasteiger partial charge in [-0.3, -0.25) is 0 Å². The fourth-order valence-electron chi connectivity index (χ4n) is 3.55. The molecule has 2 rings (SSSR count). The minimum absolute atomic E-state index is 0.532. The summed E-state index contributed by atoms with van der Waals surface area (Å²) >= 11 is 0. The topological polar surface area (TPSA) is 12.0 Å². The summed E-state index contributed by atoms with van der Waals surface area (Å²) in [6.07, 6.45) is 5.83. The molecular formula is C14H27N. The molecule has 1 nitrogen and oxygen atoms in total. The number of hydrogen-bond donors (Lipinski definition) is 1. The van der Waals surface area contributed by atoms with Crippen LogP contribution >= 0.6 is 0 Å². The summed E-state index contributed by atoms with van der Waals surface area (Å²) in [5.74, 6) is 1.94. The minimum Gasteiger partial charge on any atom is -0.317 e. The Labute approximate surface area is 95.0 Å². The van der Waals surface area contributed by atoms with Crippen molar-refractivity contribution in [3.8, 4) is 0 Å². The first-order chi connectivity index (χ1) is 6.91. The Hall–Kier alpha value is -0.0400. The SMILES string of the molecule is CNC(CCC1CC1)C1C(C)(C)C1(C)C. The zero-order valence-electron chi connectivity index (χ0n) is 11.1. The molecule has 0 aromatic heterocycles. The van der Waals surface area contributed by atoms with E-state index in [1.807, 2.05) is 0 Å². The van der Waals surface area contributed by atoms with Gasteiger partial charge in [0, 0.05) is 6.04 Å². The van der Waals surface area contributed by atoms with E-state index in [0.717, 1.165) is 17.9 Å². The van der Waals surface area contributed by atoms with Crippen molar-refractivity contribution in [2.75, 3.05) is 7.05 Å². The van der Waals surface area contributed by atoms with E-state index in [9.17, 15) is 0 Å². The molecule has 2 aliphatic rings. The molecule has 0 heterocycles. The molecule has 1 heteroatoms. The molecule has 1 N–H and O–H groups in total. The highest BCUT2D eigenvalue weighted by atomic mass is 14.9. The predicted octanol–water partition coefficient (Wildman–Crippen LogP) is 3.45. The fourth-order valence-corrected chi connectivity index (χ4v) is 3.55. The molecule has 2 saturated carbocycles. The van der Waals surface area contributed by atoms with Gasteiger partial charge in [0.25, 0.3) is 0 Å². The first kappa shape index (κ1) is 11.4. The van der Waals surface area contributed by atoms with Crippen LogP contribution in [0, 0.1) is 22.7 Å². The van der Waals surface area contributed by atoms with Gasteiger partial charge in [-0.25, -0.2) is 0 Å². The van der Waals surface area contributed by atoms with Crippen LogP contribution in [-0.4, -0.2) is 13.1 Å². The maximum absolute atomic E-state index is 3.56. The van der Waals surface area contributed by atoms with Gasteiger partial charge in [0.05, 0.1) is 0 Å². The fraction of sp³-hybridized carbons (Fsp3) is 1.00. The van der Waals surface area contributed by atoms with Crippen molar-refractivity contribution >= 4 is 0 Å². The Morgan fingerprint density at radius 1 is 1.13 bits per heavy atom. The molecule has 15 heavy (non-hydrogen) atoms. The second kappa shape index (κ2) is 3.48. The molecule has 0 bridgehead atoms. The van der Waals surface area contributed by atoms with Crippen molar-refractivity contribution in [2.24, 2.45) is 22.7 Å². The van der Waals surface area contributed by atoms with E-state index in [4.69, 9.17) is 0 Å². The Morgan fingerprint density at radius 2 is 1.67 bits per heavy atom. The van der Waals surface area contributed by atoms with Crippen molar-refractivity contribution in [3.63, 3.8) is 0 Å². The van der Waals surface area contributed by atoms with Crippen LogP contribution in [0.1, 0.15) is 53.4 Å². The van der Waals surface area contributed by atoms with Crippen molar-refractivity contribution in [1.29, 1.82) is 0 Å². The third kappa shape index (κ3) is 1.84. The lowest BCUT2D eigenvalue weighted by Crippen LogP contribution is -2.30. The molecule has 1 unspecified atom stereocenters. The van der Waals surface area contributed by atoms with Gasteiger partial charge >= 0.3 is 0 Å². The smallest absolute Gasteiger partial charge is 0.0103 e. The van der Waals surface area contributed by atoms with Crippen LogP contribution in [0.5, 0.6) is 0 Å². The van der Waals surface area contributed by atoms with Gasteiger partial charge < -0.3 is 5.32 Å². The Morgan fingerprint density at radius 3 is 2.00 bits per heavy atom. The van der Waals surface area contributed by atoms with E-state index in [0.29, 0.717) is 10.8 Å². The van der Waals surface area contributed by atoms with Gasteiger partial charge in [-0.15, -0.1) is 0 Å². The second-order valence-corrected chi connectivity index (χ2v) is 6.84. The molecule has 0 aliphatic heterocycles. The molecule has 0 radical (unpaired) electrons. The van der Waals surface area contributed by atoms with Gasteiger partial charge in [0.2, 0.25) is 0 Å². The first-order valence-corrected chi connectivity index (χ1v) is 6.58. The third-order valence-corrected chi connectivity index (χ3v) is 5.49. The van der Waals surface area contributed by atoms with Crippen LogP contribution in [0.2, 0.25) is 0 Å². The van der Waals surface area contributed by atoms with Crippen molar-refractivity contribution < 1.29 is 0 Å². The summed E-state index contributed by atoms with van der Waals surface area (Å²) in [4.78, 5) is 0. The van der Waals surface area contributed by atoms with E-state index in [2.05, 4.69) is 40.1 Å². The second-order valence-electron chi connectivity index (χ2n) is 6.84. The van der Waals surface area contributed by atoms with Gasteiger partial charge in [-0.2, -0.15) is 0 Å². The van der Waals surface area contributed by atoms with Gasteiger partial charge in [0.1, 0.15) is 0 Å². The van der Waals surface area contributed by atoms with E-state index in [1.165, 1.54) is 25.7 Å². The van der Waals surface area contributed by atoms with E-state index in [-0.39, 0.29) is 0 Å². The van der Waals surface area contributed by atoms with Crippen LogP contribution in [-0.2, 0) is 0 Å². The zero-order chi connectivity index (χ0) is 11.3. The lowest BCUT2D eigenvalue weighted by molar-refractivity contribution is 0.384. The molecule has 0 aromatic carbocycles. The highest BCUT2D eigenvalue weighted by molar-refractivity contribution is 5.16. The molecule has 0 aromatic rings. The summed E-state index contributed by atoms with van der Waals surface area (Å²) in [7, 11) is 2.14. The van der Waals surface area contributed by atoms with Gasteiger partial charge in [0.15, 0.2) is 0 Å². The molecule has 0 spiro atoms. The van der Waals surface area contributed by atoms with E-state index >= 15 is 0 Å². The third-order valence-electron chi connectivity index (χ3n) is 5.49. The van der Waals surface area contributed by atoms with Crippen molar-refractivity contribution in [2.45, 2.75) is 59.4 Å². The summed E-state index contributed by atoms with van der Waals surface area (Å²) < 4.78 is 0. The standard InChI is InChI=1S/C14H27N/c1-13(2)12(14(13,3)4)11(15-5)9-8-10-6-7-10/h10-12,15H,6-9H2,1-5H3. The van der Waals surface area contributed by atoms with E-state index < -0.39 is 0 Å². The molecule has 0 saturated heterocycles. The summed E-state index contributed by atoms with van der Waals surface area (Å²) in [6.45, 7) is 9.72. The van der Waals surface area contributed by atoms with Crippen molar-refractivity contribution in [3.05, 3.63) is 0 Å². The average molecular weight is 209 g/mol. The molecule has 0 amide bonds. The predicted molar refractivity (Wildman–Crippen MR) is 65.9 cm³/mol. The number of nitrogens with one attached hydrogen (secondary N) is 1. The Bertz CT molecular complexity index is 224. The molecule has 2 fully saturated rings. The van der Waals surface area contributed by atoms with Crippen LogP contribution in [0.3, 0.4) is 0 Å². The number of hydrogen-bond acceptors (Lipinski definition) is 1. The van der Waals surface area contributed by atoms with Crippen LogP contribution in [0.4, 0.5) is 0 Å². The quantitative estimate of drug-likeness (QED) is 0.731. The Balaban J connectivity index is 1.89. The maximum Gasteiger partial charge on any atom is 0.0103 e. The summed E-state index contributed by atoms with van der Waals surface area (Å²) in [5.41, 5.74) is 1.06. The lowest BCUT2D eigenvalue weighted by atomic mass is 9.98. The van der Waals surface area contributed by atoms with Gasteiger partial charge in [-0.1, -0.05) is 40.5 Å². The largest absolute Gasteiger partial charge is 0.317 e. The van der Waals surface area contributed by atoms with Gasteiger partial charge in [-0.05, 0) is 42.6 Å². The molecular weight excluding hydrogens is 182 g/mol. The first-order valence-electron chi connectivity index (χ1n) is 6.58. The molecule has 2 aliphatic carbocycles. The van der Waals surface area contributed by atoms with E-state index in [1.54, 1.807) is 0 Å². The van der Waals surface area contributed by atoms with Crippen LogP contribution in [0.25, 0.3) is 0 Å². The normalized spacial score (nSPS) is 30.2. The monoisotopic (exact) mass is 209 g/mol.